The molecule has 0 unspecified atom stereocenters. The van der Waals surface area contributed by atoms with E-state index in [4.69, 9.17) is 11.6 Å². The molecule has 0 saturated carbocycles. The van der Waals surface area contributed by atoms with Crippen LogP contribution in [0.1, 0.15) is 0 Å². The third-order valence-corrected chi connectivity index (χ3v) is 6.38. The molecule has 4 nitrogen and oxygen atoms in total. The second-order valence-corrected chi connectivity index (χ2v) is 8.62. The maximum absolute atomic E-state index is 13.0. The molecule has 0 spiro atoms. The fourth-order valence-corrected chi connectivity index (χ4v) is 4.30. The predicted molar refractivity (Wildman–Crippen MR) is 98.6 cm³/mol. The van der Waals surface area contributed by atoms with E-state index in [1.54, 1.807) is 36.4 Å². The Morgan fingerprint density at radius 2 is 1.52 bits per heavy atom. The topological polar surface area (TPSA) is 40.6 Å². The lowest BCUT2D eigenvalue weighted by Gasteiger charge is -2.36. The summed E-state index contributed by atoms with van der Waals surface area (Å²) in [4.78, 5) is 4.64. The molecule has 0 amide bonds. The van der Waals surface area contributed by atoms with Crippen molar-refractivity contribution in [2.75, 3.05) is 43.4 Å². The van der Waals surface area contributed by atoms with E-state index in [9.17, 15) is 12.8 Å². The van der Waals surface area contributed by atoms with Gasteiger partial charge in [0.05, 0.1) is 10.6 Å². The molecule has 0 radical (unpaired) electrons. The summed E-state index contributed by atoms with van der Waals surface area (Å²) in [5.41, 5.74) is 0.995. The fraction of sp³-hybridized carbons (Fsp3) is 0.333. The summed E-state index contributed by atoms with van der Waals surface area (Å²) < 4.78 is 37.8. The van der Waals surface area contributed by atoms with Crippen molar-refractivity contribution in [3.8, 4) is 0 Å². The van der Waals surface area contributed by atoms with Crippen LogP contribution in [0, 0.1) is 5.82 Å². The van der Waals surface area contributed by atoms with Crippen molar-refractivity contribution in [2.45, 2.75) is 4.90 Å². The van der Waals surface area contributed by atoms with Crippen LogP contribution in [0.5, 0.6) is 0 Å². The van der Waals surface area contributed by atoms with Crippen LogP contribution in [0.25, 0.3) is 0 Å². The van der Waals surface area contributed by atoms with Gasteiger partial charge in [0.15, 0.2) is 9.84 Å². The minimum atomic E-state index is -3.30. The Hall–Kier alpha value is -1.63. The first kappa shape index (κ1) is 18.2. The number of rotatable bonds is 5. The molecular formula is C18H20ClFN2O2S. The highest BCUT2D eigenvalue weighted by Crippen LogP contribution is 2.18. The van der Waals surface area contributed by atoms with Crippen molar-refractivity contribution >= 4 is 27.1 Å². The first-order valence-electron chi connectivity index (χ1n) is 8.15. The number of anilines is 1. The van der Waals surface area contributed by atoms with Gasteiger partial charge in [-0.2, -0.15) is 0 Å². The summed E-state index contributed by atoms with van der Waals surface area (Å²) in [6, 6.07) is 12.7. The Kier molecular flexibility index (Phi) is 5.61. The molecule has 1 fully saturated rings. The number of piperazine rings is 1. The first-order valence-corrected chi connectivity index (χ1v) is 10.2. The Morgan fingerprint density at radius 1 is 0.920 bits per heavy atom. The second-order valence-electron chi connectivity index (χ2n) is 6.08. The standard InChI is InChI=1S/C18H20ClFN2O2S/c19-15-1-7-18(8-2-15)25(23,24)14-13-21-9-11-22(12-10-21)17-5-3-16(20)4-6-17/h1-8H,9-14H2. The molecule has 0 aromatic heterocycles. The molecule has 1 saturated heterocycles. The van der Waals surface area contributed by atoms with E-state index < -0.39 is 9.84 Å². The molecule has 2 aromatic rings. The molecule has 1 aliphatic heterocycles. The molecule has 1 aliphatic rings. The van der Waals surface area contributed by atoms with Gasteiger partial charge in [-0.15, -0.1) is 0 Å². The van der Waals surface area contributed by atoms with Crippen molar-refractivity contribution in [1.82, 2.24) is 4.90 Å². The molecule has 7 heteroatoms. The summed E-state index contributed by atoms with van der Waals surface area (Å²) in [5, 5.41) is 0.524. The number of sulfone groups is 1. The van der Waals surface area contributed by atoms with E-state index >= 15 is 0 Å². The van der Waals surface area contributed by atoms with Gasteiger partial charge in [-0.1, -0.05) is 11.6 Å². The van der Waals surface area contributed by atoms with E-state index in [1.165, 1.54) is 12.1 Å². The van der Waals surface area contributed by atoms with Gasteiger partial charge in [-0.05, 0) is 48.5 Å². The van der Waals surface area contributed by atoms with Gasteiger partial charge in [0.1, 0.15) is 5.82 Å². The van der Waals surface area contributed by atoms with E-state index in [-0.39, 0.29) is 11.6 Å². The van der Waals surface area contributed by atoms with Gasteiger partial charge in [-0.3, -0.25) is 4.90 Å². The van der Waals surface area contributed by atoms with E-state index in [2.05, 4.69) is 9.80 Å². The highest BCUT2D eigenvalue weighted by molar-refractivity contribution is 7.91. The van der Waals surface area contributed by atoms with Crippen LogP contribution < -0.4 is 4.90 Å². The van der Waals surface area contributed by atoms with Crippen LogP contribution in [0.4, 0.5) is 10.1 Å². The van der Waals surface area contributed by atoms with E-state index in [0.29, 0.717) is 16.5 Å². The Morgan fingerprint density at radius 3 is 2.12 bits per heavy atom. The largest absolute Gasteiger partial charge is 0.369 e. The van der Waals surface area contributed by atoms with Crippen LogP contribution in [0.15, 0.2) is 53.4 Å². The summed E-state index contributed by atoms with van der Waals surface area (Å²) in [6.45, 7) is 3.67. The second kappa shape index (κ2) is 7.72. The minimum absolute atomic E-state index is 0.0885. The summed E-state index contributed by atoms with van der Waals surface area (Å²) >= 11 is 5.80. The summed E-state index contributed by atoms with van der Waals surface area (Å²) in [6.07, 6.45) is 0. The third-order valence-electron chi connectivity index (χ3n) is 4.41. The van der Waals surface area contributed by atoms with Crippen LogP contribution in [0.3, 0.4) is 0 Å². The van der Waals surface area contributed by atoms with Gasteiger partial charge in [-0.25, -0.2) is 12.8 Å². The molecule has 3 rings (SSSR count). The third kappa shape index (κ3) is 4.71. The lowest BCUT2D eigenvalue weighted by Crippen LogP contribution is -2.47. The van der Waals surface area contributed by atoms with E-state index in [0.717, 1.165) is 31.9 Å². The Balaban J connectivity index is 1.52. The normalized spacial score (nSPS) is 16.2. The lowest BCUT2D eigenvalue weighted by molar-refractivity contribution is 0.272. The van der Waals surface area contributed by atoms with Gasteiger partial charge in [0.25, 0.3) is 0 Å². The predicted octanol–water partition coefficient (Wildman–Crippen LogP) is 3.08. The maximum atomic E-state index is 13.0. The minimum Gasteiger partial charge on any atom is -0.369 e. The first-order chi connectivity index (χ1) is 11.9. The van der Waals surface area contributed by atoms with Crippen molar-refractivity contribution in [2.24, 2.45) is 0 Å². The molecule has 2 aromatic carbocycles. The zero-order valence-electron chi connectivity index (χ0n) is 13.7. The molecule has 1 heterocycles. The molecule has 0 bridgehead atoms. The van der Waals surface area contributed by atoms with Crippen molar-refractivity contribution in [1.29, 1.82) is 0 Å². The highest BCUT2D eigenvalue weighted by Gasteiger charge is 2.20. The van der Waals surface area contributed by atoms with Gasteiger partial charge < -0.3 is 4.90 Å². The van der Waals surface area contributed by atoms with Crippen molar-refractivity contribution in [3.05, 3.63) is 59.4 Å². The highest BCUT2D eigenvalue weighted by atomic mass is 35.5. The number of benzene rings is 2. The number of hydrogen-bond acceptors (Lipinski definition) is 4. The van der Waals surface area contributed by atoms with Gasteiger partial charge in [0, 0.05) is 43.4 Å². The zero-order valence-corrected chi connectivity index (χ0v) is 15.3. The van der Waals surface area contributed by atoms with Crippen molar-refractivity contribution < 1.29 is 12.8 Å². The molecule has 0 atom stereocenters. The van der Waals surface area contributed by atoms with Crippen LogP contribution in [-0.2, 0) is 9.84 Å². The molecule has 0 aliphatic carbocycles. The number of hydrogen-bond donors (Lipinski definition) is 0. The molecule has 134 valence electrons. The average molecular weight is 383 g/mol. The van der Waals surface area contributed by atoms with Crippen molar-refractivity contribution in [3.63, 3.8) is 0 Å². The lowest BCUT2D eigenvalue weighted by atomic mass is 10.2. The van der Waals surface area contributed by atoms with Crippen LogP contribution in [0.2, 0.25) is 5.02 Å². The summed E-state index contributed by atoms with van der Waals surface area (Å²) in [7, 11) is -3.30. The Labute approximate surface area is 152 Å². The summed E-state index contributed by atoms with van der Waals surface area (Å²) in [5.74, 6) is -0.152. The Bertz CT molecular complexity index is 802. The molecule has 0 N–H and O–H groups in total. The monoisotopic (exact) mass is 382 g/mol. The van der Waals surface area contributed by atoms with Crippen LogP contribution >= 0.6 is 11.6 Å². The smallest absolute Gasteiger partial charge is 0.179 e. The number of nitrogens with zero attached hydrogens (tertiary/aromatic N) is 2. The SMILES string of the molecule is O=S(=O)(CCN1CCN(c2ccc(F)cc2)CC1)c1ccc(Cl)cc1. The maximum Gasteiger partial charge on any atom is 0.179 e. The quantitative estimate of drug-likeness (QED) is 0.796. The van der Waals surface area contributed by atoms with E-state index in [1.807, 2.05) is 0 Å². The zero-order chi connectivity index (χ0) is 17.9. The fourth-order valence-electron chi connectivity index (χ4n) is 2.89. The van der Waals surface area contributed by atoms with Gasteiger partial charge in [0.2, 0.25) is 0 Å². The molecule has 25 heavy (non-hydrogen) atoms. The van der Waals surface area contributed by atoms with Crippen LogP contribution in [-0.4, -0.2) is 51.8 Å². The van der Waals surface area contributed by atoms with Gasteiger partial charge >= 0.3 is 0 Å². The average Bonchev–Trinajstić information content (AvgIpc) is 2.62. The molecular weight excluding hydrogens is 363 g/mol. The number of halogens is 2.